The van der Waals surface area contributed by atoms with Crippen LogP contribution in [0.3, 0.4) is 0 Å². The Hall–Kier alpha value is -1.40. The highest BCUT2D eigenvalue weighted by Gasteiger charge is 2.22. The summed E-state index contributed by atoms with van der Waals surface area (Å²) < 4.78 is 0. The molecule has 0 saturated carbocycles. The predicted octanol–water partition coefficient (Wildman–Crippen LogP) is 0.943. The summed E-state index contributed by atoms with van der Waals surface area (Å²) in [6.45, 7) is 17.5. The van der Waals surface area contributed by atoms with Crippen molar-refractivity contribution in [3.63, 3.8) is 0 Å². The van der Waals surface area contributed by atoms with Crippen molar-refractivity contribution >= 4 is 11.8 Å². The van der Waals surface area contributed by atoms with Gasteiger partial charge in [-0.15, -0.1) is 0 Å². The third kappa shape index (κ3) is 7.45. The van der Waals surface area contributed by atoms with Crippen LogP contribution in [0, 0.1) is 0 Å². The summed E-state index contributed by atoms with van der Waals surface area (Å²) in [5.41, 5.74) is 1.00. The monoisotopic (exact) mass is 338 g/mol. The lowest BCUT2D eigenvalue weighted by Crippen LogP contribution is -2.52. The number of amides is 2. The van der Waals surface area contributed by atoms with E-state index in [1.165, 1.54) is 0 Å². The van der Waals surface area contributed by atoms with Crippen LogP contribution in [-0.2, 0) is 9.59 Å². The average Bonchev–Trinajstić information content (AvgIpc) is 2.53. The highest BCUT2D eigenvalue weighted by Crippen LogP contribution is 2.04. The van der Waals surface area contributed by atoms with E-state index in [0.717, 1.165) is 38.2 Å². The van der Waals surface area contributed by atoms with Crippen LogP contribution in [0.5, 0.6) is 0 Å². The molecule has 6 heteroatoms. The van der Waals surface area contributed by atoms with Crippen molar-refractivity contribution in [2.75, 3.05) is 52.4 Å². The molecule has 1 aliphatic heterocycles. The van der Waals surface area contributed by atoms with Crippen molar-refractivity contribution < 1.29 is 9.59 Å². The lowest BCUT2D eigenvalue weighted by Gasteiger charge is -2.35. The van der Waals surface area contributed by atoms with Crippen molar-refractivity contribution in [2.24, 2.45) is 0 Å². The number of carbonyl (C=O) groups excluding carboxylic acids is 2. The molecule has 138 valence electrons. The molecule has 2 amide bonds. The Balaban J connectivity index is 2.33. The third-order valence-corrected chi connectivity index (χ3v) is 4.41. The molecule has 1 aliphatic rings. The maximum absolute atomic E-state index is 12.4. The van der Waals surface area contributed by atoms with Gasteiger partial charge in [0.2, 0.25) is 11.8 Å². The molecule has 1 unspecified atom stereocenters. The minimum absolute atomic E-state index is 0.0903. The second kappa shape index (κ2) is 10.5. The van der Waals surface area contributed by atoms with Gasteiger partial charge < -0.3 is 10.2 Å². The maximum atomic E-state index is 12.4. The van der Waals surface area contributed by atoms with Crippen LogP contribution in [-0.4, -0.2) is 84.9 Å². The fourth-order valence-corrected chi connectivity index (χ4v) is 2.72. The maximum Gasteiger partial charge on any atom is 0.237 e. The van der Waals surface area contributed by atoms with Crippen LogP contribution in [0.4, 0.5) is 0 Å². The van der Waals surface area contributed by atoms with Crippen LogP contribution >= 0.6 is 0 Å². The highest BCUT2D eigenvalue weighted by atomic mass is 16.2. The second-order valence-electron chi connectivity index (χ2n) is 6.79. The number of likely N-dealkylation sites (N-methyl/N-ethyl adjacent to an activating group) is 1. The zero-order chi connectivity index (χ0) is 18.1. The lowest BCUT2D eigenvalue weighted by molar-refractivity contribution is -0.132. The van der Waals surface area contributed by atoms with Crippen molar-refractivity contribution in [3.05, 3.63) is 12.2 Å². The number of nitrogens with zero attached hydrogens (tertiary/aromatic N) is 3. The summed E-state index contributed by atoms with van der Waals surface area (Å²) in [4.78, 5) is 30.5. The first-order valence-corrected chi connectivity index (χ1v) is 9.01. The number of rotatable bonds is 9. The van der Waals surface area contributed by atoms with Gasteiger partial charge >= 0.3 is 0 Å². The molecule has 1 rings (SSSR count). The standard InChI is InChI=1S/C18H34N4O2/c1-6-16(5)19-17(23)13-20-8-10-21(11-9-20)14-18(24)22(7-2)12-15(3)4/h16H,3,6-14H2,1-2,4-5H3,(H,19,23). The molecule has 0 radical (unpaired) electrons. The molecule has 0 spiro atoms. The Morgan fingerprint density at radius 1 is 1.12 bits per heavy atom. The van der Waals surface area contributed by atoms with Gasteiger partial charge in [-0.3, -0.25) is 19.4 Å². The molecule has 0 aliphatic carbocycles. The number of carbonyl (C=O) groups is 2. The minimum Gasteiger partial charge on any atom is -0.353 e. The van der Waals surface area contributed by atoms with Crippen molar-refractivity contribution in [1.82, 2.24) is 20.0 Å². The molecule has 1 heterocycles. The zero-order valence-corrected chi connectivity index (χ0v) is 15.8. The van der Waals surface area contributed by atoms with Crippen molar-refractivity contribution in [2.45, 2.75) is 40.2 Å². The van der Waals surface area contributed by atoms with Crippen LogP contribution in [0.2, 0.25) is 0 Å². The van der Waals surface area contributed by atoms with E-state index in [-0.39, 0.29) is 17.9 Å². The molecular formula is C18H34N4O2. The Morgan fingerprint density at radius 3 is 2.12 bits per heavy atom. The first-order chi connectivity index (χ1) is 11.3. The van der Waals surface area contributed by atoms with Crippen molar-refractivity contribution in [3.8, 4) is 0 Å². The molecule has 1 fully saturated rings. The fraction of sp³-hybridized carbons (Fsp3) is 0.778. The summed E-state index contributed by atoms with van der Waals surface area (Å²) in [5, 5.41) is 3.00. The van der Waals surface area contributed by atoms with E-state index in [1.807, 2.05) is 25.7 Å². The molecule has 1 saturated heterocycles. The predicted molar refractivity (Wildman–Crippen MR) is 97.8 cm³/mol. The van der Waals surface area contributed by atoms with Gasteiger partial charge in [0.1, 0.15) is 0 Å². The molecule has 1 atom stereocenters. The summed E-state index contributed by atoms with van der Waals surface area (Å²) in [6, 6.07) is 0.227. The molecule has 1 N–H and O–H groups in total. The van der Waals surface area contributed by atoms with Gasteiger partial charge in [-0.05, 0) is 27.2 Å². The number of hydrogen-bond donors (Lipinski definition) is 1. The smallest absolute Gasteiger partial charge is 0.237 e. The van der Waals surface area contributed by atoms with Gasteiger partial charge in [0, 0.05) is 45.3 Å². The number of hydrogen-bond acceptors (Lipinski definition) is 4. The van der Waals surface area contributed by atoms with Crippen LogP contribution in [0.1, 0.15) is 34.1 Å². The van der Waals surface area contributed by atoms with E-state index in [2.05, 4.69) is 28.6 Å². The summed E-state index contributed by atoms with van der Waals surface area (Å²) in [6.07, 6.45) is 0.944. The van der Waals surface area contributed by atoms with E-state index in [1.54, 1.807) is 0 Å². The van der Waals surface area contributed by atoms with E-state index >= 15 is 0 Å². The van der Waals surface area contributed by atoms with Gasteiger partial charge in [0.15, 0.2) is 0 Å². The van der Waals surface area contributed by atoms with Gasteiger partial charge in [-0.1, -0.05) is 19.1 Å². The lowest BCUT2D eigenvalue weighted by atomic mass is 10.2. The first-order valence-electron chi connectivity index (χ1n) is 9.01. The molecule has 0 bridgehead atoms. The van der Waals surface area contributed by atoms with Gasteiger partial charge in [0.05, 0.1) is 13.1 Å². The van der Waals surface area contributed by atoms with Crippen LogP contribution in [0.15, 0.2) is 12.2 Å². The van der Waals surface area contributed by atoms with Gasteiger partial charge in [0.25, 0.3) is 0 Å². The Labute approximate surface area is 146 Å². The largest absolute Gasteiger partial charge is 0.353 e. The minimum atomic E-state index is 0.0903. The number of nitrogens with one attached hydrogen (secondary N) is 1. The number of piperazine rings is 1. The quantitative estimate of drug-likeness (QED) is 0.636. The van der Waals surface area contributed by atoms with Gasteiger partial charge in [-0.2, -0.15) is 0 Å². The van der Waals surface area contributed by atoms with Crippen LogP contribution < -0.4 is 5.32 Å². The molecular weight excluding hydrogens is 304 g/mol. The zero-order valence-electron chi connectivity index (χ0n) is 15.8. The van der Waals surface area contributed by atoms with E-state index in [0.29, 0.717) is 26.2 Å². The van der Waals surface area contributed by atoms with Crippen LogP contribution in [0.25, 0.3) is 0 Å². The van der Waals surface area contributed by atoms with Crippen molar-refractivity contribution in [1.29, 1.82) is 0 Å². The van der Waals surface area contributed by atoms with E-state index in [9.17, 15) is 9.59 Å². The van der Waals surface area contributed by atoms with Gasteiger partial charge in [-0.25, -0.2) is 0 Å². The molecule has 0 aromatic rings. The highest BCUT2D eigenvalue weighted by molar-refractivity contribution is 5.79. The SMILES string of the molecule is C=C(C)CN(CC)C(=O)CN1CCN(CC(=O)NC(C)CC)CC1. The molecule has 0 aromatic carbocycles. The normalized spacial score (nSPS) is 17.3. The summed E-state index contributed by atoms with van der Waals surface area (Å²) in [7, 11) is 0. The third-order valence-electron chi connectivity index (χ3n) is 4.41. The Morgan fingerprint density at radius 2 is 1.67 bits per heavy atom. The molecule has 6 nitrogen and oxygen atoms in total. The first kappa shape index (κ1) is 20.6. The molecule has 24 heavy (non-hydrogen) atoms. The summed E-state index contributed by atoms with van der Waals surface area (Å²) in [5.74, 6) is 0.246. The van der Waals surface area contributed by atoms with E-state index in [4.69, 9.17) is 0 Å². The fourth-order valence-electron chi connectivity index (χ4n) is 2.72. The topological polar surface area (TPSA) is 55.9 Å². The van der Waals surface area contributed by atoms with E-state index < -0.39 is 0 Å². The Bertz CT molecular complexity index is 431. The summed E-state index contributed by atoms with van der Waals surface area (Å²) >= 11 is 0. The Kier molecular flexibility index (Phi) is 9.00. The average molecular weight is 338 g/mol. The second-order valence-corrected chi connectivity index (χ2v) is 6.79. The molecule has 0 aromatic heterocycles.